The molecule has 0 bridgehead atoms. The van der Waals surface area contributed by atoms with Gasteiger partial charge in [0.15, 0.2) is 6.61 Å². The molecule has 4 nitrogen and oxygen atoms in total. The summed E-state index contributed by atoms with van der Waals surface area (Å²) in [4.78, 5) is 14.3. The maximum absolute atomic E-state index is 12.4. The Bertz CT molecular complexity index is 402. The molecular weight excluding hydrogens is 252 g/mol. The van der Waals surface area contributed by atoms with Crippen LogP contribution >= 0.6 is 0 Å². The molecule has 0 aromatic heterocycles. The number of ether oxygens (including phenoxy) is 1. The largest absolute Gasteiger partial charge is 0.484 e. The van der Waals surface area contributed by atoms with E-state index in [-0.39, 0.29) is 12.5 Å². The maximum Gasteiger partial charge on any atom is 0.260 e. The van der Waals surface area contributed by atoms with Gasteiger partial charge in [-0.1, -0.05) is 37.5 Å². The zero-order valence-electron chi connectivity index (χ0n) is 12.0. The molecule has 20 heavy (non-hydrogen) atoms. The molecular formula is C16H24N2O2. The van der Waals surface area contributed by atoms with Crippen molar-refractivity contribution in [1.29, 1.82) is 0 Å². The van der Waals surface area contributed by atoms with Crippen molar-refractivity contribution in [3.8, 4) is 5.75 Å². The Kier molecular flexibility index (Phi) is 5.87. The molecule has 2 N–H and O–H groups in total. The number of para-hydroxylation sites is 1. The monoisotopic (exact) mass is 276 g/mol. The molecule has 1 aromatic carbocycles. The predicted molar refractivity (Wildman–Crippen MR) is 79.6 cm³/mol. The van der Waals surface area contributed by atoms with Crippen LogP contribution in [0.3, 0.4) is 0 Å². The van der Waals surface area contributed by atoms with Crippen LogP contribution in [0.15, 0.2) is 30.3 Å². The summed E-state index contributed by atoms with van der Waals surface area (Å²) in [6.45, 7) is 1.23. The second-order valence-corrected chi connectivity index (χ2v) is 5.27. The van der Waals surface area contributed by atoms with Gasteiger partial charge >= 0.3 is 0 Å². The van der Waals surface area contributed by atoms with Crippen molar-refractivity contribution in [2.45, 2.75) is 38.1 Å². The highest BCUT2D eigenvalue weighted by Gasteiger charge is 2.24. The fraction of sp³-hybridized carbons (Fsp3) is 0.562. The van der Waals surface area contributed by atoms with E-state index in [4.69, 9.17) is 10.5 Å². The third kappa shape index (κ3) is 4.23. The van der Waals surface area contributed by atoms with Crippen molar-refractivity contribution in [2.24, 2.45) is 5.73 Å². The van der Waals surface area contributed by atoms with Gasteiger partial charge in [0.1, 0.15) is 5.75 Å². The number of benzene rings is 1. The minimum absolute atomic E-state index is 0.0474. The summed E-state index contributed by atoms with van der Waals surface area (Å²) in [7, 11) is 0. The molecule has 110 valence electrons. The third-order valence-electron chi connectivity index (χ3n) is 3.81. The third-order valence-corrected chi connectivity index (χ3v) is 3.81. The number of rotatable bonds is 6. The second-order valence-electron chi connectivity index (χ2n) is 5.27. The first kappa shape index (κ1) is 14.9. The van der Waals surface area contributed by atoms with E-state index in [0.29, 0.717) is 19.1 Å². The lowest BCUT2D eigenvalue weighted by molar-refractivity contribution is -0.136. The van der Waals surface area contributed by atoms with Gasteiger partial charge in [-0.2, -0.15) is 0 Å². The van der Waals surface area contributed by atoms with Crippen LogP contribution in [-0.2, 0) is 4.79 Å². The highest BCUT2D eigenvalue weighted by atomic mass is 16.5. The van der Waals surface area contributed by atoms with Gasteiger partial charge in [-0.25, -0.2) is 0 Å². The summed E-state index contributed by atoms with van der Waals surface area (Å²) in [5.74, 6) is 0.781. The van der Waals surface area contributed by atoms with E-state index in [0.717, 1.165) is 18.6 Å². The Balaban J connectivity index is 1.89. The van der Waals surface area contributed by atoms with E-state index >= 15 is 0 Å². The van der Waals surface area contributed by atoms with Crippen LogP contribution in [0.5, 0.6) is 5.75 Å². The van der Waals surface area contributed by atoms with Crippen LogP contribution in [-0.4, -0.2) is 36.5 Å². The normalized spacial score (nSPS) is 15.8. The predicted octanol–water partition coefficient (Wildman–Crippen LogP) is 2.19. The first-order valence-electron chi connectivity index (χ1n) is 7.48. The molecule has 1 fully saturated rings. The van der Waals surface area contributed by atoms with Crippen molar-refractivity contribution < 1.29 is 9.53 Å². The summed E-state index contributed by atoms with van der Waals surface area (Å²) in [5.41, 5.74) is 5.65. The lowest BCUT2D eigenvalue weighted by Crippen LogP contribution is -2.46. The molecule has 1 amide bonds. The zero-order valence-corrected chi connectivity index (χ0v) is 12.0. The Hall–Kier alpha value is -1.55. The van der Waals surface area contributed by atoms with Gasteiger partial charge in [0, 0.05) is 19.1 Å². The van der Waals surface area contributed by atoms with E-state index in [2.05, 4.69) is 0 Å². The molecule has 1 saturated carbocycles. The lowest BCUT2D eigenvalue weighted by Gasteiger charge is -2.34. The molecule has 4 heteroatoms. The van der Waals surface area contributed by atoms with Crippen LogP contribution in [0.25, 0.3) is 0 Å². The topological polar surface area (TPSA) is 55.6 Å². The van der Waals surface area contributed by atoms with E-state index in [1.807, 2.05) is 35.2 Å². The molecule has 0 unspecified atom stereocenters. The van der Waals surface area contributed by atoms with E-state index in [9.17, 15) is 4.79 Å². The quantitative estimate of drug-likeness (QED) is 0.866. The highest BCUT2D eigenvalue weighted by Crippen LogP contribution is 2.22. The second kappa shape index (κ2) is 7.90. The molecule has 0 spiro atoms. The highest BCUT2D eigenvalue weighted by molar-refractivity contribution is 5.78. The van der Waals surface area contributed by atoms with Crippen molar-refractivity contribution in [2.75, 3.05) is 19.7 Å². The molecule has 2 rings (SSSR count). The van der Waals surface area contributed by atoms with Gasteiger partial charge in [-0.3, -0.25) is 4.79 Å². The van der Waals surface area contributed by atoms with E-state index < -0.39 is 0 Å². The SMILES string of the molecule is NCCN(C(=O)COc1ccccc1)C1CCCCC1. The summed E-state index contributed by atoms with van der Waals surface area (Å²) in [6.07, 6.45) is 5.88. The van der Waals surface area contributed by atoms with Gasteiger partial charge in [-0.05, 0) is 25.0 Å². The number of hydrogen-bond donors (Lipinski definition) is 1. The smallest absolute Gasteiger partial charge is 0.260 e. The molecule has 0 heterocycles. The lowest BCUT2D eigenvalue weighted by atomic mass is 9.94. The standard InChI is InChI=1S/C16H24N2O2/c17-11-12-18(14-7-3-1-4-8-14)16(19)13-20-15-9-5-2-6-10-15/h2,5-6,9-10,14H,1,3-4,7-8,11-13,17H2. The van der Waals surface area contributed by atoms with Crippen LogP contribution in [0.4, 0.5) is 0 Å². The Morgan fingerprint density at radius 3 is 2.55 bits per heavy atom. The van der Waals surface area contributed by atoms with Crippen molar-refractivity contribution in [1.82, 2.24) is 4.90 Å². The van der Waals surface area contributed by atoms with Gasteiger partial charge in [-0.15, -0.1) is 0 Å². The average Bonchev–Trinajstić information content (AvgIpc) is 2.52. The van der Waals surface area contributed by atoms with Crippen LogP contribution in [0, 0.1) is 0 Å². The van der Waals surface area contributed by atoms with Gasteiger partial charge in [0.05, 0.1) is 0 Å². The number of carbonyl (C=O) groups excluding carboxylic acids is 1. The number of carbonyl (C=O) groups is 1. The van der Waals surface area contributed by atoms with Crippen molar-refractivity contribution in [3.63, 3.8) is 0 Å². The number of nitrogens with two attached hydrogens (primary N) is 1. The fourth-order valence-electron chi connectivity index (χ4n) is 2.79. The first-order chi connectivity index (χ1) is 9.81. The Morgan fingerprint density at radius 1 is 1.20 bits per heavy atom. The van der Waals surface area contributed by atoms with E-state index in [1.54, 1.807) is 0 Å². The Morgan fingerprint density at radius 2 is 1.90 bits per heavy atom. The summed E-state index contributed by atoms with van der Waals surface area (Å²) < 4.78 is 5.55. The molecule has 0 radical (unpaired) electrons. The average molecular weight is 276 g/mol. The van der Waals surface area contributed by atoms with Gasteiger partial charge in [0.25, 0.3) is 5.91 Å². The molecule has 1 aliphatic carbocycles. The molecule has 1 aliphatic rings. The van der Waals surface area contributed by atoms with Crippen LogP contribution < -0.4 is 10.5 Å². The van der Waals surface area contributed by atoms with Gasteiger partial charge < -0.3 is 15.4 Å². The summed E-state index contributed by atoms with van der Waals surface area (Å²) >= 11 is 0. The first-order valence-corrected chi connectivity index (χ1v) is 7.48. The molecule has 0 aliphatic heterocycles. The molecule has 1 aromatic rings. The van der Waals surface area contributed by atoms with Crippen molar-refractivity contribution in [3.05, 3.63) is 30.3 Å². The Labute approximate surface area is 120 Å². The van der Waals surface area contributed by atoms with Crippen molar-refractivity contribution >= 4 is 5.91 Å². The zero-order chi connectivity index (χ0) is 14.2. The maximum atomic E-state index is 12.4. The fourth-order valence-corrected chi connectivity index (χ4v) is 2.79. The van der Waals surface area contributed by atoms with Crippen LogP contribution in [0.1, 0.15) is 32.1 Å². The number of hydrogen-bond acceptors (Lipinski definition) is 3. The van der Waals surface area contributed by atoms with E-state index in [1.165, 1.54) is 19.3 Å². The number of amides is 1. The molecule has 0 atom stereocenters. The summed E-state index contributed by atoms with van der Waals surface area (Å²) in [6, 6.07) is 9.80. The van der Waals surface area contributed by atoms with Gasteiger partial charge in [0.2, 0.25) is 0 Å². The minimum Gasteiger partial charge on any atom is -0.484 e. The van der Waals surface area contributed by atoms with Crippen LogP contribution in [0.2, 0.25) is 0 Å². The molecule has 0 saturated heterocycles. The minimum atomic E-state index is 0.0474. The summed E-state index contributed by atoms with van der Waals surface area (Å²) in [5, 5.41) is 0. The number of nitrogens with zero attached hydrogens (tertiary/aromatic N) is 1.